The van der Waals surface area contributed by atoms with Gasteiger partial charge in [-0.25, -0.2) is 0 Å². The summed E-state index contributed by atoms with van der Waals surface area (Å²) >= 11 is 7.90. The van der Waals surface area contributed by atoms with E-state index < -0.39 is 0 Å². The SMILES string of the molecule is O=C(Nc1cc2ccccc2c2ccccc12)c1sc2ccccc2c1Cl. The van der Waals surface area contributed by atoms with Gasteiger partial charge in [0.1, 0.15) is 4.88 Å². The van der Waals surface area contributed by atoms with E-state index in [1.54, 1.807) is 0 Å². The van der Waals surface area contributed by atoms with E-state index in [1.165, 1.54) is 16.7 Å². The minimum absolute atomic E-state index is 0.179. The molecular formula is C23H14ClNOS. The Morgan fingerprint density at radius 1 is 0.778 bits per heavy atom. The monoisotopic (exact) mass is 387 g/mol. The third-order valence-corrected chi connectivity index (χ3v) is 6.43. The van der Waals surface area contributed by atoms with Crippen LogP contribution in [-0.4, -0.2) is 5.91 Å². The van der Waals surface area contributed by atoms with Gasteiger partial charge < -0.3 is 5.32 Å². The summed E-state index contributed by atoms with van der Waals surface area (Å²) in [5, 5.41) is 8.91. The Balaban J connectivity index is 1.65. The first-order valence-electron chi connectivity index (χ1n) is 8.61. The van der Waals surface area contributed by atoms with Crippen molar-refractivity contribution in [1.82, 2.24) is 0 Å². The summed E-state index contributed by atoms with van der Waals surface area (Å²) in [7, 11) is 0. The molecule has 4 heteroatoms. The Morgan fingerprint density at radius 2 is 1.41 bits per heavy atom. The lowest BCUT2D eigenvalue weighted by molar-refractivity contribution is 0.103. The summed E-state index contributed by atoms with van der Waals surface area (Å²) < 4.78 is 1.01. The van der Waals surface area contributed by atoms with Gasteiger partial charge >= 0.3 is 0 Å². The van der Waals surface area contributed by atoms with Gasteiger partial charge in [-0.15, -0.1) is 11.3 Å². The third kappa shape index (κ3) is 2.67. The summed E-state index contributed by atoms with van der Waals surface area (Å²) in [6, 6.07) is 26.1. The Labute approximate surface area is 165 Å². The summed E-state index contributed by atoms with van der Waals surface area (Å²) in [6.45, 7) is 0. The Morgan fingerprint density at radius 3 is 2.19 bits per heavy atom. The van der Waals surface area contributed by atoms with E-state index in [0.29, 0.717) is 9.90 Å². The molecule has 1 N–H and O–H groups in total. The lowest BCUT2D eigenvalue weighted by Gasteiger charge is -2.11. The fraction of sp³-hybridized carbons (Fsp3) is 0. The van der Waals surface area contributed by atoms with E-state index in [2.05, 4.69) is 23.5 Å². The molecule has 0 unspecified atom stereocenters. The number of anilines is 1. The maximum absolute atomic E-state index is 13.0. The average molecular weight is 388 g/mol. The van der Waals surface area contributed by atoms with E-state index >= 15 is 0 Å². The van der Waals surface area contributed by atoms with Gasteiger partial charge in [0.15, 0.2) is 0 Å². The highest BCUT2D eigenvalue weighted by molar-refractivity contribution is 7.21. The zero-order valence-electron chi connectivity index (χ0n) is 14.2. The van der Waals surface area contributed by atoms with Crippen LogP contribution in [-0.2, 0) is 0 Å². The first-order valence-corrected chi connectivity index (χ1v) is 9.81. The highest BCUT2D eigenvalue weighted by atomic mass is 35.5. The second-order valence-corrected chi connectivity index (χ2v) is 7.82. The molecule has 0 bridgehead atoms. The predicted octanol–water partition coefficient (Wildman–Crippen LogP) is 7.11. The van der Waals surface area contributed by atoms with Crippen molar-refractivity contribution in [2.24, 2.45) is 0 Å². The highest BCUT2D eigenvalue weighted by Crippen LogP contribution is 2.37. The minimum Gasteiger partial charge on any atom is -0.321 e. The second kappa shape index (κ2) is 6.38. The number of amides is 1. The van der Waals surface area contributed by atoms with Crippen LogP contribution in [0.25, 0.3) is 31.6 Å². The van der Waals surface area contributed by atoms with Crippen LogP contribution in [0.15, 0.2) is 78.9 Å². The fourth-order valence-corrected chi connectivity index (χ4v) is 4.91. The maximum atomic E-state index is 13.0. The number of carbonyl (C=O) groups is 1. The van der Waals surface area contributed by atoms with E-state index in [4.69, 9.17) is 11.6 Å². The summed E-state index contributed by atoms with van der Waals surface area (Å²) in [4.78, 5) is 13.5. The molecule has 5 rings (SSSR count). The predicted molar refractivity (Wildman–Crippen MR) is 116 cm³/mol. The normalized spacial score (nSPS) is 11.3. The van der Waals surface area contributed by atoms with Gasteiger partial charge in [0.2, 0.25) is 0 Å². The van der Waals surface area contributed by atoms with Gasteiger partial charge in [-0.1, -0.05) is 78.3 Å². The zero-order valence-corrected chi connectivity index (χ0v) is 15.8. The number of hydrogen-bond donors (Lipinski definition) is 1. The number of hydrogen-bond acceptors (Lipinski definition) is 2. The third-order valence-electron chi connectivity index (χ3n) is 4.76. The smallest absolute Gasteiger partial charge is 0.267 e. The number of benzene rings is 4. The lowest BCUT2D eigenvalue weighted by Crippen LogP contribution is -2.11. The molecule has 1 amide bonds. The van der Waals surface area contributed by atoms with Crippen molar-refractivity contribution < 1.29 is 4.79 Å². The van der Waals surface area contributed by atoms with Gasteiger partial charge in [-0.2, -0.15) is 0 Å². The van der Waals surface area contributed by atoms with Crippen LogP contribution < -0.4 is 5.32 Å². The highest BCUT2D eigenvalue weighted by Gasteiger charge is 2.18. The molecule has 0 saturated heterocycles. The van der Waals surface area contributed by atoms with Crippen molar-refractivity contribution >= 4 is 66.2 Å². The summed E-state index contributed by atoms with van der Waals surface area (Å²) in [5.74, 6) is -0.179. The van der Waals surface area contributed by atoms with Gasteiger partial charge in [-0.3, -0.25) is 4.79 Å². The van der Waals surface area contributed by atoms with Crippen LogP contribution >= 0.6 is 22.9 Å². The van der Waals surface area contributed by atoms with Crippen molar-refractivity contribution in [1.29, 1.82) is 0 Å². The number of nitrogens with one attached hydrogen (secondary N) is 1. The topological polar surface area (TPSA) is 29.1 Å². The first kappa shape index (κ1) is 16.3. The quantitative estimate of drug-likeness (QED) is 0.321. The van der Waals surface area contributed by atoms with Crippen LogP contribution in [0.3, 0.4) is 0 Å². The van der Waals surface area contributed by atoms with E-state index in [0.717, 1.165) is 31.9 Å². The molecule has 0 spiro atoms. The average Bonchev–Trinajstić information content (AvgIpc) is 3.05. The molecule has 0 aliphatic heterocycles. The van der Waals surface area contributed by atoms with Crippen molar-refractivity contribution in [2.75, 3.05) is 5.32 Å². The minimum atomic E-state index is -0.179. The standard InChI is InChI=1S/C23H14ClNOS/c24-21-18-11-5-6-12-20(18)27-22(21)23(26)25-19-13-14-7-1-2-8-15(14)16-9-3-4-10-17(16)19/h1-13H,(H,25,26). The number of thiophene rings is 1. The molecular weight excluding hydrogens is 374 g/mol. The number of fused-ring (bicyclic) bond motifs is 4. The van der Waals surface area contributed by atoms with Gasteiger partial charge in [-0.05, 0) is 28.3 Å². The van der Waals surface area contributed by atoms with Crippen LogP contribution in [0.4, 0.5) is 5.69 Å². The number of rotatable bonds is 2. The Hall–Kier alpha value is -2.88. The molecule has 5 aromatic rings. The molecule has 27 heavy (non-hydrogen) atoms. The molecule has 0 aliphatic carbocycles. The van der Waals surface area contributed by atoms with Crippen LogP contribution in [0.5, 0.6) is 0 Å². The molecule has 4 aromatic carbocycles. The van der Waals surface area contributed by atoms with Gasteiger partial charge in [0.25, 0.3) is 5.91 Å². The van der Waals surface area contributed by atoms with Crippen molar-refractivity contribution in [3.8, 4) is 0 Å². The molecule has 0 aliphatic rings. The zero-order chi connectivity index (χ0) is 18.4. The summed E-state index contributed by atoms with van der Waals surface area (Å²) in [5.41, 5.74) is 0.794. The number of halogens is 1. The fourth-order valence-electron chi connectivity index (χ4n) is 3.50. The largest absolute Gasteiger partial charge is 0.321 e. The second-order valence-electron chi connectivity index (χ2n) is 6.39. The molecule has 0 atom stereocenters. The Kier molecular flexibility index (Phi) is 3.85. The molecule has 1 aromatic heterocycles. The Bertz CT molecular complexity index is 1340. The molecule has 2 nitrogen and oxygen atoms in total. The molecule has 1 heterocycles. The van der Waals surface area contributed by atoms with Crippen LogP contribution in [0, 0.1) is 0 Å². The summed E-state index contributed by atoms with van der Waals surface area (Å²) in [6.07, 6.45) is 0. The van der Waals surface area contributed by atoms with E-state index in [1.807, 2.05) is 60.7 Å². The van der Waals surface area contributed by atoms with Crippen molar-refractivity contribution in [3.05, 3.63) is 88.8 Å². The van der Waals surface area contributed by atoms with E-state index in [-0.39, 0.29) is 5.91 Å². The molecule has 0 radical (unpaired) electrons. The van der Waals surface area contributed by atoms with E-state index in [9.17, 15) is 4.79 Å². The number of carbonyl (C=O) groups excluding carboxylic acids is 1. The molecule has 130 valence electrons. The lowest BCUT2D eigenvalue weighted by atomic mass is 10.0. The van der Waals surface area contributed by atoms with Crippen LogP contribution in [0.1, 0.15) is 9.67 Å². The maximum Gasteiger partial charge on any atom is 0.267 e. The van der Waals surface area contributed by atoms with Crippen molar-refractivity contribution in [3.63, 3.8) is 0 Å². The van der Waals surface area contributed by atoms with Crippen molar-refractivity contribution in [2.45, 2.75) is 0 Å². The first-order chi connectivity index (χ1) is 13.2. The molecule has 0 fully saturated rings. The van der Waals surface area contributed by atoms with Gasteiger partial charge in [0.05, 0.1) is 5.02 Å². The molecule has 0 saturated carbocycles. The van der Waals surface area contributed by atoms with Gasteiger partial charge in [0, 0.05) is 21.2 Å². The van der Waals surface area contributed by atoms with Crippen LogP contribution in [0.2, 0.25) is 5.02 Å².